The Morgan fingerprint density at radius 2 is 1.69 bits per heavy atom. The van der Waals surface area contributed by atoms with Crippen LogP contribution >= 0.6 is 0 Å². The van der Waals surface area contributed by atoms with Crippen LogP contribution < -0.4 is 10.2 Å². The van der Waals surface area contributed by atoms with Crippen molar-refractivity contribution in [2.24, 2.45) is 0 Å². The highest BCUT2D eigenvalue weighted by Gasteiger charge is 2.11. The van der Waals surface area contributed by atoms with E-state index >= 15 is 0 Å². The van der Waals surface area contributed by atoms with Gasteiger partial charge in [0.1, 0.15) is 0 Å². The molecule has 2 N–H and O–H groups in total. The lowest BCUT2D eigenvalue weighted by atomic mass is 10.0. The molecule has 0 bridgehead atoms. The minimum atomic E-state index is -0.788. The Labute approximate surface area is 173 Å². The van der Waals surface area contributed by atoms with Crippen molar-refractivity contribution in [1.82, 2.24) is 5.32 Å². The SMILES string of the molecule is CCCCCCCNC(=O)N(C)c1cccc(-c2ccc(CCC(=O)O)cc2)c1. The second-order valence-electron chi connectivity index (χ2n) is 7.35. The quantitative estimate of drug-likeness (QED) is 0.494. The Kier molecular flexibility index (Phi) is 9.22. The van der Waals surface area contributed by atoms with Crippen molar-refractivity contribution < 1.29 is 14.7 Å². The van der Waals surface area contributed by atoms with Crippen LogP contribution in [-0.4, -0.2) is 30.7 Å². The summed E-state index contributed by atoms with van der Waals surface area (Å²) >= 11 is 0. The summed E-state index contributed by atoms with van der Waals surface area (Å²) in [6.45, 7) is 2.89. The summed E-state index contributed by atoms with van der Waals surface area (Å²) in [5, 5.41) is 11.8. The van der Waals surface area contributed by atoms with Gasteiger partial charge in [-0.25, -0.2) is 4.79 Å². The van der Waals surface area contributed by atoms with E-state index in [0.29, 0.717) is 13.0 Å². The monoisotopic (exact) mass is 396 g/mol. The van der Waals surface area contributed by atoms with Gasteiger partial charge < -0.3 is 10.4 Å². The lowest BCUT2D eigenvalue weighted by Crippen LogP contribution is -2.37. The molecular weight excluding hydrogens is 364 g/mol. The van der Waals surface area contributed by atoms with Gasteiger partial charge in [0.05, 0.1) is 0 Å². The van der Waals surface area contributed by atoms with Crippen LogP contribution in [0.4, 0.5) is 10.5 Å². The summed E-state index contributed by atoms with van der Waals surface area (Å²) in [6.07, 6.45) is 6.50. The van der Waals surface area contributed by atoms with Crippen molar-refractivity contribution >= 4 is 17.7 Å². The molecule has 5 nitrogen and oxygen atoms in total. The minimum Gasteiger partial charge on any atom is -0.481 e. The van der Waals surface area contributed by atoms with Gasteiger partial charge in [-0.1, -0.05) is 69.0 Å². The largest absolute Gasteiger partial charge is 0.481 e. The van der Waals surface area contributed by atoms with E-state index in [1.165, 1.54) is 19.3 Å². The number of rotatable bonds is 11. The second-order valence-corrected chi connectivity index (χ2v) is 7.35. The maximum Gasteiger partial charge on any atom is 0.321 e. The van der Waals surface area contributed by atoms with E-state index in [1.807, 2.05) is 48.5 Å². The van der Waals surface area contributed by atoms with Gasteiger partial charge in [0.2, 0.25) is 0 Å². The third-order valence-corrected chi connectivity index (χ3v) is 5.01. The first-order valence-corrected chi connectivity index (χ1v) is 10.4. The Morgan fingerprint density at radius 1 is 0.966 bits per heavy atom. The molecule has 2 aromatic carbocycles. The van der Waals surface area contributed by atoms with E-state index < -0.39 is 5.97 Å². The molecule has 0 unspecified atom stereocenters. The molecule has 2 aromatic rings. The number of urea groups is 1. The number of hydrogen-bond acceptors (Lipinski definition) is 2. The summed E-state index contributed by atoms with van der Waals surface area (Å²) in [5.41, 5.74) is 3.89. The van der Waals surface area contributed by atoms with Gasteiger partial charge in [-0.05, 0) is 41.7 Å². The highest BCUT2D eigenvalue weighted by atomic mass is 16.4. The molecule has 0 saturated carbocycles. The van der Waals surface area contributed by atoms with Crippen molar-refractivity contribution in [2.45, 2.75) is 51.9 Å². The van der Waals surface area contributed by atoms with Gasteiger partial charge in [0.15, 0.2) is 0 Å². The summed E-state index contributed by atoms with van der Waals surface area (Å²) in [4.78, 5) is 24.8. The van der Waals surface area contributed by atoms with Crippen molar-refractivity contribution in [3.63, 3.8) is 0 Å². The Hall–Kier alpha value is -2.82. The van der Waals surface area contributed by atoms with Gasteiger partial charge in [-0.2, -0.15) is 0 Å². The summed E-state index contributed by atoms with van der Waals surface area (Å²) in [6, 6.07) is 15.7. The van der Waals surface area contributed by atoms with Crippen LogP contribution in [-0.2, 0) is 11.2 Å². The average Bonchev–Trinajstić information content (AvgIpc) is 2.74. The first kappa shape index (κ1) is 22.5. The van der Waals surface area contributed by atoms with Crippen molar-refractivity contribution in [2.75, 3.05) is 18.5 Å². The number of anilines is 1. The van der Waals surface area contributed by atoms with Gasteiger partial charge in [0.25, 0.3) is 0 Å². The van der Waals surface area contributed by atoms with Crippen LogP contribution in [0.3, 0.4) is 0 Å². The number of carboxylic acid groups (broad SMARTS) is 1. The highest BCUT2D eigenvalue weighted by molar-refractivity contribution is 5.92. The van der Waals surface area contributed by atoms with Crippen LogP contribution in [0.2, 0.25) is 0 Å². The zero-order chi connectivity index (χ0) is 21.1. The molecule has 0 fully saturated rings. The van der Waals surface area contributed by atoms with E-state index in [1.54, 1.807) is 11.9 Å². The average molecular weight is 397 g/mol. The van der Waals surface area contributed by atoms with Crippen LogP contribution in [0.15, 0.2) is 48.5 Å². The maximum absolute atomic E-state index is 12.4. The van der Waals surface area contributed by atoms with Crippen molar-refractivity contribution in [3.8, 4) is 11.1 Å². The lowest BCUT2D eigenvalue weighted by Gasteiger charge is -2.19. The number of carbonyl (C=O) groups is 2. The molecule has 0 heterocycles. The molecule has 0 spiro atoms. The molecular formula is C24H32N2O3. The topological polar surface area (TPSA) is 69.6 Å². The van der Waals surface area contributed by atoms with Gasteiger partial charge >= 0.3 is 12.0 Å². The van der Waals surface area contributed by atoms with E-state index in [-0.39, 0.29) is 12.5 Å². The summed E-state index contributed by atoms with van der Waals surface area (Å²) in [7, 11) is 1.78. The molecule has 2 rings (SSSR count). The smallest absolute Gasteiger partial charge is 0.321 e. The lowest BCUT2D eigenvalue weighted by molar-refractivity contribution is -0.136. The predicted molar refractivity (Wildman–Crippen MR) is 118 cm³/mol. The minimum absolute atomic E-state index is 0.0957. The van der Waals surface area contributed by atoms with E-state index in [0.717, 1.165) is 35.2 Å². The predicted octanol–water partition coefficient (Wildman–Crippen LogP) is 5.49. The molecule has 0 saturated heterocycles. The molecule has 29 heavy (non-hydrogen) atoms. The van der Waals surface area contributed by atoms with Gasteiger partial charge in [-0.15, -0.1) is 0 Å². The molecule has 5 heteroatoms. The number of benzene rings is 2. The van der Waals surface area contributed by atoms with Crippen molar-refractivity contribution in [3.05, 3.63) is 54.1 Å². The van der Waals surface area contributed by atoms with E-state index in [9.17, 15) is 9.59 Å². The van der Waals surface area contributed by atoms with Crippen LogP contribution in [0.5, 0.6) is 0 Å². The molecule has 0 aliphatic rings. The number of nitrogens with zero attached hydrogens (tertiary/aromatic N) is 1. The number of carbonyl (C=O) groups excluding carboxylic acids is 1. The number of carboxylic acids is 1. The van der Waals surface area contributed by atoms with Crippen molar-refractivity contribution in [1.29, 1.82) is 0 Å². The zero-order valence-corrected chi connectivity index (χ0v) is 17.5. The zero-order valence-electron chi connectivity index (χ0n) is 17.5. The molecule has 156 valence electrons. The highest BCUT2D eigenvalue weighted by Crippen LogP contribution is 2.25. The van der Waals surface area contributed by atoms with E-state index in [2.05, 4.69) is 12.2 Å². The Balaban J connectivity index is 1.94. The molecule has 2 amide bonds. The second kappa shape index (κ2) is 11.9. The fraction of sp³-hybridized carbons (Fsp3) is 0.417. The first-order chi connectivity index (χ1) is 14.0. The standard InChI is InChI=1S/C24H32N2O3/c1-3-4-5-6-7-17-25-24(29)26(2)22-10-8-9-21(18-22)20-14-11-19(12-15-20)13-16-23(27)28/h8-12,14-15,18H,3-7,13,16-17H2,1-2H3,(H,25,29)(H,27,28). The van der Waals surface area contributed by atoms with Crippen LogP contribution in [0.25, 0.3) is 11.1 Å². The normalized spacial score (nSPS) is 10.6. The summed E-state index contributed by atoms with van der Waals surface area (Å²) < 4.78 is 0. The molecule has 0 radical (unpaired) electrons. The van der Waals surface area contributed by atoms with Gasteiger partial charge in [0, 0.05) is 25.7 Å². The first-order valence-electron chi connectivity index (χ1n) is 10.4. The van der Waals surface area contributed by atoms with Crippen LogP contribution in [0, 0.1) is 0 Å². The Morgan fingerprint density at radius 3 is 2.38 bits per heavy atom. The van der Waals surface area contributed by atoms with E-state index in [4.69, 9.17) is 5.11 Å². The number of hydrogen-bond donors (Lipinski definition) is 2. The molecule has 0 aliphatic carbocycles. The number of amides is 2. The molecule has 0 aliphatic heterocycles. The third kappa shape index (κ3) is 7.60. The Bertz CT molecular complexity index is 787. The van der Waals surface area contributed by atoms with Gasteiger partial charge in [-0.3, -0.25) is 9.69 Å². The fourth-order valence-corrected chi connectivity index (χ4v) is 3.17. The van der Waals surface area contributed by atoms with Crippen LogP contribution in [0.1, 0.15) is 51.0 Å². The number of nitrogens with one attached hydrogen (secondary N) is 1. The number of unbranched alkanes of at least 4 members (excludes halogenated alkanes) is 4. The molecule has 0 atom stereocenters. The number of aliphatic carboxylic acids is 1. The molecule has 0 aromatic heterocycles. The number of aryl methyl sites for hydroxylation is 1. The maximum atomic E-state index is 12.4. The fourth-order valence-electron chi connectivity index (χ4n) is 3.17. The third-order valence-electron chi connectivity index (χ3n) is 5.01. The summed E-state index contributed by atoms with van der Waals surface area (Å²) in [5.74, 6) is -0.788.